The summed E-state index contributed by atoms with van der Waals surface area (Å²) in [6, 6.07) is -0.169. The number of carboxylic acid groups (broad SMARTS) is 2. The molecule has 0 aliphatic carbocycles. The highest BCUT2D eigenvalue weighted by atomic mass is 32.1. The number of carbonyl (C=O) groups is 2. The summed E-state index contributed by atoms with van der Waals surface area (Å²) in [5.41, 5.74) is 1.11. The van der Waals surface area contributed by atoms with Crippen LogP contribution in [-0.2, 0) is 13.0 Å². The highest BCUT2D eigenvalue weighted by Gasteiger charge is 2.30. The minimum absolute atomic E-state index is 0.169. The lowest BCUT2D eigenvalue weighted by Crippen LogP contribution is -2.41. The summed E-state index contributed by atoms with van der Waals surface area (Å²) in [6.07, 6.45) is -0.476. The van der Waals surface area contributed by atoms with Crippen molar-refractivity contribution < 1.29 is 19.8 Å². The largest absolute Gasteiger partial charge is 0.478 e. The van der Waals surface area contributed by atoms with Crippen molar-refractivity contribution in [3.8, 4) is 0 Å². The highest BCUT2D eigenvalue weighted by molar-refractivity contribution is 7.10. The summed E-state index contributed by atoms with van der Waals surface area (Å²) in [6.45, 7) is 2.09. The van der Waals surface area contributed by atoms with Gasteiger partial charge in [-0.05, 0) is 18.9 Å². The molecule has 1 aliphatic heterocycles. The molecule has 1 aromatic heterocycles. The first-order chi connectivity index (χ1) is 7.50. The molecule has 2 N–H and O–H groups in total. The van der Waals surface area contributed by atoms with Crippen LogP contribution in [0.25, 0.3) is 0 Å². The van der Waals surface area contributed by atoms with Gasteiger partial charge >= 0.3 is 12.1 Å². The molecule has 0 bridgehead atoms. The lowest BCUT2D eigenvalue weighted by molar-refractivity contribution is 0.0695. The first-order valence-electron chi connectivity index (χ1n) is 4.82. The zero-order valence-corrected chi connectivity index (χ0v) is 9.45. The van der Waals surface area contributed by atoms with E-state index in [4.69, 9.17) is 10.2 Å². The fourth-order valence-electron chi connectivity index (χ4n) is 1.93. The van der Waals surface area contributed by atoms with Crippen LogP contribution < -0.4 is 0 Å². The molecule has 1 aliphatic rings. The Morgan fingerprint density at radius 1 is 1.50 bits per heavy atom. The molecule has 1 amide bonds. The molecule has 1 aromatic rings. The van der Waals surface area contributed by atoms with Crippen LogP contribution in [0.2, 0.25) is 0 Å². The maximum absolute atomic E-state index is 10.9. The van der Waals surface area contributed by atoms with Gasteiger partial charge in [-0.2, -0.15) is 0 Å². The van der Waals surface area contributed by atoms with Crippen molar-refractivity contribution in [3.05, 3.63) is 21.4 Å². The average molecular weight is 241 g/mol. The van der Waals surface area contributed by atoms with E-state index >= 15 is 0 Å². The van der Waals surface area contributed by atoms with Crippen LogP contribution in [0.15, 0.2) is 5.38 Å². The molecule has 6 heteroatoms. The van der Waals surface area contributed by atoms with Crippen LogP contribution in [0.5, 0.6) is 0 Å². The molecule has 86 valence electrons. The lowest BCUT2D eigenvalue weighted by Gasteiger charge is -2.31. The number of nitrogens with zero attached hydrogens (tertiary/aromatic N) is 1. The van der Waals surface area contributed by atoms with Gasteiger partial charge in [0.15, 0.2) is 0 Å². The second-order valence-corrected chi connectivity index (χ2v) is 4.78. The molecular formula is C10H11NO4S. The van der Waals surface area contributed by atoms with Crippen molar-refractivity contribution in [3.63, 3.8) is 0 Å². The van der Waals surface area contributed by atoms with Crippen LogP contribution in [0.4, 0.5) is 4.79 Å². The second-order valence-electron chi connectivity index (χ2n) is 3.82. The number of hydrogen-bond donors (Lipinski definition) is 2. The van der Waals surface area contributed by atoms with Gasteiger partial charge in [0, 0.05) is 16.3 Å². The number of aromatic carboxylic acids is 1. The zero-order chi connectivity index (χ0) is 11.9. The Bertz CT molecular complexity index is 454. The fourth-order valence-corrected chi connectivity index (χ4v) is 2.98. The van der Waals surface area contributed by atoms with Crippen LogP contribution in [0.3, 0.4) is 0 Å². The first kappa shape index (κ1) is 10.9. The zero-order valence-electron chi connectivity index (χ0n) is 8.64. The van der Waals surface area contributed by atoms with E-state index in [-0.39, 0.29) is 6.04 Å². The lowest BCUT2D eigenvalue weighted by atomic mass is 9.98. The monoisotopic (exact) mass is 241 g/mol. The summed E-state index contributed by atoms with van der Waals surface area (Å²) in [5, 5.41) is 19.5. The molecule has 5 nitrogen and oxygen atoms in total. The normalized spacial score (nSPS) is 19.3. The van der Waals surface area contributed by atoms with Gasteiger partial charge in [-0.25, -0.2) is 9.59 Å². The van der Waals surface area contributed by atoms with Gasteiger partial charge in [-0.3, -0.25) is 0 Å². The molecule has 16 heavy (non-hydrogen) atoms. The predicted molar refractivity (Wildman–Crippen MR) is 58.0 cm³/mol. The average Bonchev–Trinajstić information content (AvgIpc) is 2.58. The maximum Gasteiger partial charge on any atom is 0.407 e. The third-order valence-electron chi connectivity index (χ3n) is 2.80. The highest BCUT2D eigenvalue weighted by Crippen LogP contribution is 2.31. The summed E-state index contributed by atoms with van der Waals surface area (Å²) in [5.74, 6) is -0.937. The number of amides is 1. The molecule has 0 spiro atoms. The van der Waals surface area contributed by atoms with Crippen LogP contribution in [-0.4, -0.2) is 33.2 Å². The standard InChI is InChI=1S/C10H11NO4S/c1-5-2-6-7(9(12)13)4-16-8(6)3-11(5)10(14)15/h4-5H,2-3H2,1H3,(H,12,13)(H,14,15). The van der Waals surface area contributed by atoms with Gasteiger partial charge in [-0.15, -0.1) is 11.3 Å². The van der Waals surface area contributed by atoms with Crippen LogP contribution in [0, 0.1) is 0 Å². The SMILES string of the molecule is CC1Cc2c(C(=O)O)csc2CN1C(=O)O. The Morgan fingerprint density at radius 3 is 2.75 bits per heavy atom. The second kappa shape index (κ2) is 3.79. The maximum atomic E-state index is 10.9. The predicted octanol–water partition coefficient (Wildman–Crippen LogP) is 1.87. The van der Waals surface area contributed by atoms with Crippen LogP contribution >= 0.6 is 11.3 Å². The van der Waals surface area contributed by atoms with Gasteiger partial charge in [0.05, 0.1) is 12.1 Å². The minimum Gasteiger partial charge on any atom is -0.478 e. The van der Waals surface area contributed by atoms with Crippen molar-refractivity contribution in [2.45, 2.75) is 25.9 Å². The first-order valence-corrected chi connectivity index (χ1v) is 5.70. The van der Waals surface area contributed by atoms with Gasteiger partial charge < -0.3 is 15.1 Å². The van der Waals surface area contributed by atoms with E-state index in [0.29, 0.717) is 18.5 Å². The Morgan fingerprint density at radius 2 is 2.19 bits per heavy atom. The van der Waals surface area contributed by atoms with E-state index in [1.807, 2.05) is 0 Å². The van der Waals surface area contributed by atoms with Gasteiger partial charge in [0.1, 0.15) is 0 Å². The number of carboxylic acids is 1. The molecule has 2 rings (SSSR count). The third kappa shape index (κ3) is 1.65. The molecule has 0 aromatic carbocycles. The fraction of sp³-hybridized carbons (Fsp3) is 0.400. The molecule has 0 fully saturated rings. The summed E-state index contributed by atoms with van der Waals surface area (Å²) in [4.78, 5) is 24.0. The molecule has 0 radical (unpaired) electrons. The Labute approximate surface area is 95.9 Å². The Hall–Kier alpha value is -1.56. The third-order valence-corrected chi connectivity index (χ3v) is 3.82. The van der Waals surface area contributed by atoms with E-state index < -0.39 is 12.1 Å². The number of fused-ring (bicyclic) bond motifs is 1. The smallest absolute Gasteiger partial charge is 0.407 e. The van der Waals surface area contributed by atoms with Crippen molar-refractivity contribution in [2.24, 2.45) is 0 Å². The van der Waals surface area contributed by atoms with E-state index in [1.54, 1.807) is 12.3 Å². The quantitative estimate of drug-likeness (QED) is 0.786. The molecule has 0 saturated carbocycles. The molecule has 1 unspecified atom stereocenters. The Kier molecular flexibility index (Phi) is 2.59. The summed E-state index contributed by atoms with van der Waals surface area (Å²) < 4.78 is 0. The summed E-state index contributed by atoms with van der Waals surface area (Å²) >= 11 is 1.32. The molecular weight excluding hydrogens is 230 g/mol. The molecule has 1 atom stereocenters. The van der Waals surface area contributed by atoms with E-state index in [1.165, 1.54) is 16.2 Å². The summed E-state index contributed by atoms with van der Waals surface area (Å²) in [7, 11) is 0. The van der Waals surface area contributed by atoms with Gasteiger partial charge in [-0.1, -0.05) is 0 Å². The van der Waals surface area contributed by atoms with E-state index in [2.05, 4.69) is 0 Å². The Balaban J connectivity index is 2.36. The van der Waals surface area contributed by atoms with E-state index in [9.17, 15) is 9.59 Å². The van der Waals surface area contributed by atoms with Gasteiger partial charge in [0.25, 0.3) is 0 Å². The number of thiophene rings is 1. The number of hydrogen-bond acceptors (Lipinski definition) is 3. The van der Waals surface area contributed by atoms with Crippen molar-refractivity contribution in [1.82, 2.24) is 4.90 Å². The van der Waals surface area contributed by atoms with Crippen molar-refractivity contribution >= 4 is 23.4 Å². The minimum atomic E-state index is -0.955. The van der Waals surface area contributed by atoms with E-state index in [0.717, 1.165) is 10.4 Å². The topological polar surface area (TPSA) is 77.8 Å². The van der Waals surface area contributed by atoms with Crippen LogP contribution in [0.1, 0.15) is 27.7 Å². The van der Waals surface area contributed by atoms with Crippen molar-refractivity contribution in [2.75, 3.05) is 0 Å². The van der Waals surface area contributed by atoms with Crippen molar-refractivity contribution in [1.29, 1.82) is 0 Å². The number of rotatable bonds is 1. The molecule has 0 saturated heterocycles. The molecule has 2 heterocycles. The van der Waals surface area contributed by atoms with Gasteiger partial charge in [0.2, 0.25) is 0 Å².